The first-order valence-electron chi connectivity index (χ1n) is 5.17. The number of nitrogens with one attached hydrogen (secondary N) is 1. The van der Waals surface area contributed by atoms with E-state index < -0.39 is 0 Å². The van der Waals surface area contributed by atoms with E-state index in [-0.39, 0.29) is 6.04 Å². The Kier molecular flexibility index (Phi) is 3.15. The maximum absolute atomic E-state index is 6.08. The van der Waals surface area contributed by atoms with E-state index in [4.69, 9.17) is 11.6 Å². The van der Waals surface area contributed by atoms with Crippen LogP contribution in [-0.2, 0) is 7.05 Å². The molecule has 4 heteroatoms. The number of nitrogens with zero attached hydrogens (tertiary/aromatic N) is 2. The standard InChI is InChI=1S/C12H14ClN3/c1-9(12-7-8-14-16(12)2)15-11-6-4-3-5-10(11)13/h3-9,15H,1-2H3. The third-order valence-electron chi connectivity index (χ3n) is 2.55. The van der Waals surface area contributed by atoms with E-state index >= 15 is 0 Å². The van der Waals surface area contributed by atoms with E-state index in [2.05, 4.69) is 17.3 Å². The molecule has 16 heavy (non-hydrogen) atoms. The number of aryl methyl sites for hydroxylation is 1. The Morgan fingerprint density at radius 1 is 1.31 bits per heavy atom. The summed E-state index contributed by atoms with van der Waals surface area (Å²) in [5.41, 5.74) is 2.07. The fraction of sp³-hybridized carbons (Fsp3) is 0.250. The van der Waals surface area contributed by atoms with Gasteiger partial charge >= 0.3 is 0 Å². The van der Waals surface area contributed by atoms with Crippen LogP contribution in [0.25, 0.3) is 0 Å². The van der Waals surface area contributed by atoms with Crippen molar-refractivity contribution >= 4 is 17.3 Å². The summed E-state index contributed by atoms with van der Waals surface area (Å²) in [6.45, 7) is 2.08. The van der Waals surface area contributed by atoms with Gasteiger partial charge < -0.3 is 5.32 Å². The Morgan fingerprint density at radius 3 is 2.69 bits per heavy atom. The predicted molar refractivity (Wildman–Crippen MR) is 66.7 cm³/mol. The molecule has 1 heterocycles. The van der Waals surface area contributed by atoms with Gasteiger partial charge in [0.15, 0.2) is 0 Å². The zero-order valence-corrected chi connectivity index (χ0v) is 10.1. The highest BCUT2D eigenvalue weighted by Gasteiger charge is 2.10. The average Bonchev–Trinajstić information content (AvgIpc) is 2.68. The Morgan fingerprint density at radius 2 is 2.06 bits per heavy atom. The largest absolute Gasteiger partial charge is 0.376 e. The smallest absolute Gasteiger partial charge is 0.0654 e. The zero-order valence-electron chi connectivity index (χ0n) is 9.31. The monoisotopic (exact) mass is 235 g/mol. The van der Waals surface area contributed by atoms with Crippen molar-refractivity contribution in [2.75, 3.05) is 5.32 Å². The van der Waals surface area contributed by atoms with Crippen LogP contribution in [-0.4, -0.2) is 9.78 Å². The van der Waals surface area contributed by atoms with Crippen LogP contribution in [0.4, 0.5) is 5.69 Å². The SMILES string of the molecule is CC(Nc1ccccc1Cl)c1ccnn1C. The van der Waals surface area contributed by atoms with E-state index in [1.807, 2.05) is 42.1 Å². The lowest BCUT2D eigenvalue weighted by Gasteiger charge is -2.16. The second-order valence-corrected chi connectivity index (χ2v) is 4.13. The molecule has 1 aromatic heterocycles. The molecule has 0 bridgehead atoms. The molecular formula is C12H14ClN3. The fourth-order valence-corrected chi connectivity index (χ4v) is 1.88. The number of para-hydroxylation sites is 1. The average molecular weight is 236 g/mol. The first kappa shape index (κ1) is 11.0. The van der Waals surface area contributed by atoms with Gasteiger partial charge in [0.25, 0.3) is 0 Å². The highest BCUT2D eigenvalue weighted by molar-refractivity contribution is 6.33. The molecule has 1 atom stereocenters. The molecule has 0 spiro atoms. The molecule has 0 amide bonds. The van der Waals surface area contributed by atoms with Gasteiger partial charge in [0, 0.05) is 13.2 Å². The molecular weight excluding hydrogens is 222 g/mol. The van der Waals surface area contributed by atoms with Crippen molar-refractivity contribution in [2.45, 2.75) is 13.0 Å². The number of benzene rings is 1. The second kappa shape index (κ2) is 4.58. The molecule has 1 N–H and O–H groups in total. The molecule has 0 fully saturated rings. The summed E-state index contributed by atoms with van der Waals surface area (Å²) in [6, 6.07) is 9.89. The minimum atomic E-state index is 0.174. The summed E-state index contributed by atoms with van der Waals surface area (Å²) in [6.07, 6.45) is 1.79. The molecule has 84 valence electrons. The minimum absolute atomic E-state index is 0.174. The van der Waals surface area contributed by atoms with Crippen LogP contribution < -0.4 is 5.32 Å². The summed E-state index contributed by atoms with van der Waals surface area (Å²) in [7, 11) is 1.93. The maximum Gasteiger partial charge on any atom is 0.0654 e. The molecule has 0 aliphatic rings. The van der Waals surface area contributed by atoms with Crippen molar-refractivity contribution in [3.8, 4) is 0 Å². The molecule has 0 saturated carbocycles. The first-order valence-corrected chi connectivity index (χ1v) is 5.55. The van der Waals surface area contributed by atoms with Crippen molar-refractivity contribution in [1.82, 2.24) is 9.78 Å². The topological polar surface area (TPSA) is 29.9 Å². The lowest BCUT2D eigenvalue weighted by atomic mass is 10.2. The Bertz CT molecular complexity index is 479. The number of aromatic nitrogens is 2. The quantitative estimate of drug-likeness (QED) is 0.885. The van der Waals surface area contributed by atoms with E-state index in [0.29, 0.717) is 0 Å². The van der Waals surface area contributed by atoms with Gasteiger partial charge in [0.1, 0.15) is 0 Å². The van der Waals surface area contributed by atoms with Crippen LogP contribution in [0.1, 0.15) is 18.7 Å². The van der Waals surface area contributed by atoms with Crippen molar-refractivity contribution in [2.24, 2.45) is 7.05 Å². The van der Waals surface area contributed by atoms with E-state index in [1.165, 1.54) is 0 Å². The Hall–Kier alpha value is -1.48. The van der Waals surface area contributed by atoms with Gasteiger partial charge in [0.2, 0.25) is 0 Å². The van der Waals surface area contributed by atoms with Crippen molar-refractivity contribution < 1.29 is 0 Å². The van der Waals surface area contributed by atoms with Crippen molar-refractivity contribution in [3.05, 3.63) is 47.2 Å². The lowest BCUT2D eigenvalue weighted by molar-refractivity contribution is 0.676. The third kappa shape index (κ3) is 2.19. The molecule has 0 aliphatic carbocycles. The van der Waals surface area contributed by atoms with Crippen LogP contribution in [0.5, 0.6) is 0 Å². The number of anilines is 1. The summed E-state index contributed by atoms with van der Waals surface area (Å²) in [5, 5.41) is 8.24. The highest BCUT2D eigenvalue weighted by atomic mass is 35.5. The summed E-state index contributed by atoms with van der Waals surface area (Å²) >= 11 is 6.08. The molecule has 2 aromatic rings. The van der Waals surface area contributed by atoms with Crippen LogP contribution >= 0.6 is 11.6 Å². The van der Waals surface area contributed by atoms with Gasteiger partial charge in [-0.25, -0.2) is 0 Å². The fourth-order valence-electron chi connectivity index (χ4n) is 1.69. The van der Waals surface area contributed by atoms with Crippen LogP contribution in [0.15, 0.2) is 36.5 Å². The van der Waals surface area contributed by atoms with E-state index in [0.717, 1.165) is 16.4 Å². The molecule has 1 aromatic carbocycles. The highest BCUT2D eigenvalue weighted by Crippen LogP contribution is 2.25. The minimum Gasteiger partial charge on any atom is -0.376 e. The van der Waals surface area contributed by atoms with Crippen LogP contribution in [0.3, 0.4) is 0 Å². The lowest BCUT2D eigenvalue weighted by Crippen LogP contribution is -2.11. The van der Waals surface area contributed by atoms with Crippen molar-refractivity contribution in [1.29, 1.82) is 0 Å². The van der Waals surface area contributed by atoms with Gasteiger partial charge in [-0.1, -0.05) is 23.7 Å². The molecule has 0 aliphatic heterocycles. The number of hydrogen-bond donors (Lipinski definition) is 1. The Labute approximate surface area is 100 Å². The maximum atomic E-state index is 6.08. The van der Waals surface area contributed by atoms with E-state index in [1.54, 1.807) is 6.20 Å². The molecule has 1 unspecified atom stereocenters. The first-order chi connectivity index (χ1) is 7.68. The third-order valence-corrected chi connectivity index (χ3v) is 2.88. The van der Waals surface area contributed by atoms with Gasteiger partial charge in [-0.3, -0.25) is 4.68 Å². The van der Waals surface area contributed by atoms with Crippen LogP contribution in [0, 0.1) is 0 Å². The molecule has 0 saturated heterocycles. The summed E-state index contributed by atoms with van der Waals surface area (Å²) in [4.78, 5) is 0. The van der Waals surface area contributed by atoms with Gasteiger partial charge in [-0.05, 0) is 25.1 Å². The van der Waals surface area contributed by atoms with Crippen molar-refractivity contribution in [3.63, 3.8) is 0 Å². The second-order valence-electron chi connectivity index (χ2n) is 3.73. The predicted octanol–water partition coefficient (Wildman–Crippen LogP) is 3.25. The van der Waals surface area contributed by atoms with E-state index in [9.17, 15) is 0 Å². The summed E-state index contributed by atoms with van der Waals surface area (Å²) < 4.78 is 1.86. The molecule has 3 nitrogen and oxygen atoms in total. The number of halogens is 1. The molecule has 0 radical (unpaired) electrons. The normalized spacial score (nSPS) is 12.4. The van der Waals surface area contributed by atoms with Crippen LogP contribution in [0.2, 0.25) is 5.02 Å². The van der Waals surface area contributed by atoms with Gasteiger partial charge in [0.05, 0.1) is 22.4 Å². The van der Waals surface area contributed by atoms with Gasteiger partial charge in [-0.2, -0.15) is 5.10 Å². The zero-order chi connectivity index (χ0) is 11.5. The number of rotatable bonds is 3. The van der Waals surface area contributed by atoms with Gasteiger partial charge in [-0.15, -0.1) is 0 Å². The number of hydrogen-bond acceptors (Lipinski definition) is 2. The Balaban J connectivity index is 2.17. The molecule has 2 rings (SSSR count). The summed E-state index contributed by atoms with van der Waals surface area (Å²) in [5.74, 6) is 0.